The topological polar surface area (TPSA) is 84.7 Å². The molecule has 2 aromatic rings. The molecule has 1 unspecified atom stereocenters. The van der Waals surface area contributed by atoms with E-state index >= 15 is 0 Å². The van der Waals surface area contributed by atoms with Crippen molar-refractivity contribution in [1.29, 1.82) is 0 Å². The molecule has 0 bridgehead atoms. The van der Waals surface area contributed by atoms with Crippen molar-refractivity contribution in [3.8, 4) is 5.69 Å². The van der Waals surface area contributed by atoms with Gasteiger partial charge in [0.05, 0.1) is 17.7 Å². The van der Waals surface area contributed by atoms with Crippen LogP contribution in [0.2, 0.25) is 0 Å². The van der Waals surface area contributed by atoms with E-state index in [-0.39, 0.29) is 17.9 Å². The third-order valence-corrected chi connectivity index (χ3v) is 5.94. The number of aromatic nitrogens is 2. The first kappa shape index (κ1) is 18.7. The second-order valence-corrected chi connectivity index (χ2v) is 7.65. The van der Waals surface area contributed by atoms with Crippen LogP contribution in [0.4, 0.5) is 0 Å². The third kappa shape index (κ3) is 3.54. The number of nitrogens with zero attached hydrogens (tertiary/aromatic N) is 3. The number of carboxylic acid groups (broad SMARTS) is 1. The van der Waals surface area contributed by atoms with Crippen LogP contribution in [0.3, 0.4) is 0 Å². The molecule has 0 spiro atoms. The third-order valence-electron chi connectivity index (χ3n) is 5.94. The number of benzene rings is 1. The van der Waals surface area contributed by atoms with Gasteiger partial charge in [0.1, 0.15) is 0 Å². The molecule has 148 valence electrons. The highest BCUT2D eigenvalue weighted by Crippen LogP contribution is 2.33. The van der Waals surface area contributed by atoms with Crippen LogP contribution < -0.4 is 0 Å². The molecule has 0 saturated carbocycles. The summed E-state index contributed by atoms with van der Waals surface area (Å²) >= 11 is 0. The minimum absolute atomic E-state index is 0.0238. The molecule has 2 saturated heterocycles. The molecule has 2 fully saturated rings. The van der Waals surface area contributed by atoms with E-state index in [2.05, 4.69) is 5.10 Å². The Kier molecular flexibility index (Phi) is 5.17. The number of hydrogen-bond acceptors (Lipinski definition) is 4. The van der Waals surface area contributed by atoms with Crippen molar-refractivity contribution in [2.24, 2.45) is 11.8 Å². The summed E-state index contributed by atoms with van der Waals surface area (Å²) in [7, 11) is 0. The summed E-state index contributed by atoms with van der Waals surface area (Å²) in [5, 5.41) is 13.6. The van der Waals surface area contributed by atoms with Crippen LogP contribution in [-0.2, 0) is 9.53 Å². The normalized spacial score (nSPS) is 23.1. The number of amides is 1. The number of ether oxygens (including phenoxy) is 1. The highest BCUT2D eigenvalue weighted by Gasteiger charge is 2.40. The number of carbonyl (C=O) groups excluding carboxylic acids is 1. The minimum Gasteiger partial charge on any atom is -0.481 e. The largest absolute Gasteiger partial charge is 0.481 e. The van der Waals surface area contributed by atoms with Gasteiger partial charge in [-0.15, -0.1) is 0 Å². The summed E-state index contributed by atoms with van der Waals surface area (Å²) in [6.45, 7) is 3.76. The second kappa shape index (κ2) is 7.75. The highest BCUT2D eigenvalue weighted by atomic mass is 16.5. The molecule has 28 heavy (non-hydrogen) atoms. The van der Waals surface area contributed by atoms with Crippen LogP contribution in [0, 0.1) is 18.8 Å². The molecule has 2 aliphatic heterocycles. The number of aryl methyl sites for hydroxylation is 1. The summed E-state index contributed by atoms with van der Waals surface area (Å²) < 4.78 is 7.51. The van der Waals surface area contributed by atoms with Gasteiger partial charge in [0.15, 0.2) is 0 Å². The van der Waals surface area contributed by atoms with E-state index in [1.54, 1.807) is 10.9 Å². The summed E-state index contributed by atoms with van der Waals surface area (Å²) in [6, 6.07) is 7.54. The van der Waals surface area contributed by atoms with Gasteiger partial charge in [-0.1, -0.05) is 0 Å². The number of rotatable bonds is 4. The molecule has 4 rings (SSSR count). The van der Waals surface area contributed by atoms with E-state index in [4.69, 9.17) is 4.74 Å². The average molecular weight is 383 g/mol. The van der Waals surface area contributed by atoms with Crippen molar-refractivity contribution < 1.29 is 19.4 Å². The van der Waals surface area contributed by atoms with Crippen LogP contribution in [0.15, 0.2) is 36.7 Å². The lowest BCUT2D eigenvalue weighted by Crippen LogP contribution is -2.43. The maximum absolute atomic E-state index is 12.9. The molecule has 3 heterocycles. The van der Waals surface area contributed by atoms with E-state index in [0.29, 0.717) is 31.7 Å². The number of aliphatic carboxylic acids is 1. The van der Waals surface area contributed by atoms with Crippen LogP contribution in [0.1, 0.15) is 35.2 Å². The van der Waals surface area contributed by atoms with Crippen molar-refractivity contribution in [1.82, 2.24) is 14.7 Å². The van der Waals surface area contributed by atoms with E-state index in [1.807, 2.05) is 42.3 Å². The predicted octanol–water partition coefficient (Wildman–Crippen LogP) is 2.52. The number of carboxylic acids is 1. The lowest BCUT2D eigenvalue weighted by atomic mass is 9.84. The molecule has 2 atom stereocenters. The summed E-state index contributed by atoms with van der Waals surface area (Å²) in [5.41, 5.74) is 2.62. The Morgan fingerprint density at radius 3 is 2.64 bits per heavy atom. The molecule has 0 aliphatic carbocycles. The van der Waals surface area contributed by atoms with Gasteiger partial charge in [0.25, 0.3) is 5.91 Å². The van der Waals surface area contributed by atoms with Crippen molar-refractivity contribution in [3.05, 3.63) is 47.8 Å². The lowest BCUT2D eigenvalue weighted by Gasteiger charge is -2.35. The van der Waals surface area contributed by atoms with Crippen molar-refractivity contribution in [2.75, 3.05) is 19.7 Å². The quantitative estimate of drug-likeness (QED) is 0.877. The lowest BCUT2D eigenvalue weighted by molar-refractivity contribution is -0.145. The zero-order chi connectivity index (χ0) is 19.7. The first-order valence-electron chi connectivity index (χ1n) is 9.79. The summed E-state index contributed by atoms with van der Waals surface area (Å²) in [4.78, 5) is 26.2. The standard InChI is InChI=1S/C21H25N3O4/c1-14-13-16(3-4-18(14)24-9-2-8-22-24)20(25)23-10-5-15(6-11-23)19-17(21(26)27)7-12-28-19/h2-4,8-9,13,15,17,19H,5-7,10-12H2,1H3,(H,26,27)/t17?,19-/m0/s1. The highest BCUT2D eigenvalue weighted by molar-refractivity contribution is 5.94. The van der Waals surface area contributed by atoms with Crippen LogP contribution in [-0.4, -0.2) is 57.5 Å². The average Bonchev–Trinajstić information content (AvgIpc) is 3.39. The van der Waals surface area contributed by atoms with E-state index < -0.39 is 11.9 Å². The number of likely N-dealkylation sites (tertiary alicyclic amines) is 1. The maximum atomic E-state index is 12.9. The molecule has 2 aliphatic rings. The maximum Gasteiger partial charge on any atom is 0.309 e. The Morgan fingerprint density at radius 2 is 2.00 bits per heavy atom. The van der Waals surface area contributed by atoms with Gasteiger partial charge in [-0.2, -0.15) is 5.10 Å². The zero-order valence-electron chi connectivity index (χ0n) is 16.0. The molecule has 7 heteroatoms. The van der Waals surface area contributed by atoms with Crippen LogP contribution >= 0.6 is 0 Å². The smallest absolute Gasteiger partial charge is 0.309 e. The molecule has 1 amide bonds. The molecular formula is C21H25N3O4. The second-order valence-electron chi connectivity index (χ2n) is 7.65. The number of piperidine rings is 1. The Bertz CT molecular complexity index is 857. The number of hydrogen-bond donors (Lipinski definition) is 1. The Balaban J connectivity index is 1.40. The van der Waals surface area contributed by atoms with Crippen LogP contribution in [0.5, 0.6) is 0 Å². The fraction of sp³-hybridized carbons (Fsp3) is 0.476. The van der Waals surface area contributed by atoms with Crippen molar-refractivity contribution in [2.45, 2.75) is 32.3 Å². The molecule has 7 nitrogen and oxygen atoms in total. The first-order valence-corrected chi connectivity index (χ1v) is 9.79. The summed E-state index contributed by atoms with van der Waals surface area (Å²) in [6.07, 6.45) is 5.54. The Hall–Kier alpha value is -2.67. The van der Waals surface area contributed by atoms with E-state index in [0.717, 1.165) is 24.1 Å². The number of carbonyl (C=O) groups is 2. The van der Waals surface area contributed by atoms with Gasteiger partial charge in [0, 0.05) is 37.7 Å². The fourth-order valence-corrected chi connectivity index (χ4v) is 4.41. The molecule has 0 radical (unpaired) electrons. The van der Waals surface area contributed by atoms with Gasteiger partial charge in [-0.05, 0) is 61.9 Å². The molecular weight excluding hydrogens is 358 g/mol. The SMILES string of the molecule is Cc1cc(C(=O)N2CCC([C@@H]3OCCC3C(=O)O)CC2)ccc1-n1cccn1. The van der Waals surface area contributed by atoms with Gasteiger partial charge in [0.2, 0.25) is 0 Å². The molecule has 1 aromatic carbocycles. The first-order chi connectivity index (χ1) is 13.5. The van der Waals surface area contributed by atoms with Crippen LogP contribution in [0.25, 0.3) is 5.69 Å². The van der Waals surface area contributed by atoms with E-state index in [9.17, 15) is 14.7 Å². The molecule has 1 N–H and O–H groups in total. The summed E-state index contributed by atoms with van der Waals surface area (Å²) in [5.74, 6) is -0.953. The van der Waals surface area contributed by atoms with Gasteiger partial charge in [-0.25, -0.2) is 4.68 Å². The van der Waals surface area contributed by atoms with Crippen molar-refractivity contribution in [3.63, 3.8) is 0 Å². The zero-order valence-corrected chi connectivity index (χ0v) is 16.0. The van der Waals surface area contributed by atoms with Crippen molar-refractivity contribution >= 4 is 11.9 Å². The van der Waals surface area contributed by atoms with E-state index in [1.165, 1.54) is 0 Å². The van der Waals surface area contributed by atoms with Gasteiger partial charge in [-0.3, -0.25) is 9.59 Å². The Labute approximate surface area is 163 Å². The minimum atomic E-state index is -0.770. The molecule has 1 aromatic heterocycles. The monoisotopic (exact) mass is 383 g/mol. The Morgan fingerprint density at radius 1 is 1.21 bits per heavy atom. The van der Waals surface area contributed by atoms with Gasteiger partial charge >= 0.3 is 5.97 Å². The fourth-order valence-electron chi connectivity index (χ4n) is 4.41. The predicted molar refractivity (Wildman–Crippen MR) is 102 cm³/mol. The van der Waals surface area contributed by atoms with Gasteiger partial charge < -0.3 is 14.7 Å².